The van der Waals surface area contributed by atoms with E-state index in [4.69, 9.17) is 9.84 Å². The third kappa shape index (κ3) is 4.06. The minimum Gasteiger partial charge on any atom is -0.390 e. The van der Waals surface area contributed by atoms with Gasteiger partial charge in [-0.25, -0.2) is 0 Å². The largest absolute Gasteiger partial charge is 0.390 e. The molecule has 72 valence electrons. The Kier molecular flexibility index (Phi) is 4.69. The maximum atomic E-state index is 9.17. The normalized spacial score (nSPS) is 15.3. The minimum atomic E-state index is -0.427. The van der Waals surface area contributed by atoms with Crippen molar-refractivity contribution in [1.29, 1.82) is 0 Å². The number of rotatable bonds is 4. The van der Waals surface area contributed by atoms with Crippen LogP contribution < -0.4 is 0 Å². The molecule has 0 fully saturated rings. The summed E-state index contributed by atoms with van der Waals surface area (Å²) in [5.74, 6) is 0. The van der Waals surface area contributed by atoms with Gasteiger partial charge in [0.25, 0.3) is 0 Å². The number of alkyl halides is 1. The summed E-state index contributed by atoms with van der Waals surface area (Å²) in [5.41, 5.74) is 1.13. The summed E-state index contributed by atoms with van der Waals surface area (Å²) in [6, 6.07) is 9.93. The lowest BCUT2D eigenvalue weighted by molar-refractivity contribution is 0.0246. The van der Waals surface area contributed by atoms with Gasteiger partial charge >= 0.3 is 0 Å². The second-order valence-electron chi connectivity index (χ2n) is 2.89. The Morgan fingerprint density at radius 1 is 1.38 bits per heavy atom. The van der Waals surface area contributed by atoms with E-state index in [-0.39, 0.29) is 4.11 Å². The van der Waals surface area contributed by atoms with Gasteiger partial charge in [0, 0.05) is 0 Å². The molecule has 1 unspecified atom stereocenters. The Balaban J connectivity index is 2.35. The summed E-state index contributed by atoms with van der Waals surface area (Å²) in [4.78, 5) is 0. The van der Waals surface area contributed by atoms with E-state index in [9.17, 15) is 0 Å². The van der Waals surface area contributed by atoms with Crippen LogP contribution in [0.5, 0.6) is 0 Å². The van der Waals surface area contributed by atoms with Crippen LogP contribution in [0.1, 0.15) is 12.5 Å². The Labute approximate surface area is 92.1 Å². The summed E-state index contributed by atoms with van der Waals surface area (Å²) >= 11 is 2.09. The molecule has 1 aromatic carbocycles. The van der Waals surface area contributed by atoms with Gasteiger partial charge in [0.05, 0.1) is 12.7 Å². The van der Waals surface area contributed by atoms with Crippen LogP contribution in [-0.4, -0.2) is 15.3 Å². The van der Waals surface area contributed by atoms with Crippen LogP contribution in [0.4, 0.5) is 0 Å². The van der Waals surface area contributed by atoms with Crippen molar-refractivity contribution in [3.05, 3.63) is 35.9 Å². The first kappa shape index (κ1) is 10.9. The molecule has 0 spiro atoms. The number of benzene rings is 1. The molecule has 3 heteroatoms. The maximum absolute atomic E-state index is 9.17. The third-order valence-electron chi connectivity index (χ3n) is 1.63. The standard InChI is InChI=1S/C10H13IO2/c1-8(12)10(11)13-7-9-5-3-2-4-6-9/h2-6,8,10,12H,7H2,1H3/t8?,10-/m1/s1. The van der Waals surface area contributed by atoms with E-state index in [1.54, 1.807) is 6.92 Å². The van der Waals surface area contributed by atoms with Gasteiger partial charge in [0.15, 0.2) is 0 Å². The maximum Gasteiger partial charge on any atom is 0.134 e. The molecule has 1 rings (SSSR count). The molecule has 13 heavy (non-hydrogen) atoms. The molecule has 0 aromatic heterocycles. The molecular formula is C10H13IO2. The zero-order chi connectivity index (χ0) is 9.68. The van der Waals surface area contributed by atoms with Gasteiger partial charge in [-0.3, -0.25) is 0 Å². The van der Waals surface area contributed by atoms with Crippen LogP contribution >= 0.6 is 22.6 Å². The fraction of sp³-hybridized carbons (Fsp3) is 0.400. The van der Waals surface area contributed by atoms with Crippen LogP contribution in [0.15, 0.2) is 30.3 Å². The van der Waals surface area contributed by atoms with E-state index in [0.29, 0.717) is 6.61 Å². The molecule has 1 N–H and O–H groups in total. The van der Waals surface area contributed by atoms with Crippen LogP contribution in [-0.2, 0) is 11.3 Å². The smallest absolute Gasteiger partial charge is 0.134 e. The zero-order valence-corrected chi connectivity index (χ0v) is 9.64. The minimum absolute atomic E-state index is 0.141. The molecule has 2 nitrogen and oxygen atoms in total. The van der Waals surface area contributed by atoms with Gasteiger partial charge in [-0.05, 0) is 35.1 Å². The quantitative estimate of drug-likeness (QED) is 0.682. The molecule has 0 heterocycles. The van der Waals surface area contributed by atoms with E-state index in [2.05, 4.69) is 22.6 Å². The molecule has 1 aromatic rings. The first-order valence-electron chi connectivity index (χ1n) is 4.18. The van der Waals surface area contributed by atoms with Gasteiger partial charge in [0.1, 0.15) is 4.11 Å². The molecule has 0 saturated heterocycles. The Morgan fingerprint density at radius 2 is 2.00 bits per heavy atom. The molecular weight excluding hydrogens is 279 g/mol. The van der Waals surface area contributed by atoms with Crippen LogP contribution in [0.25, 0.3) is 0 Å². The van der Waals surface area contributed by atoms with Crippen molar-refractivity contribution >= 4 is 22.6 Å². The molecule has 0 aliphatic carbocycles. The Hall–Kier alpha value is -0.130. The molecule has 0 aliphatic heterocycles. The summed E-state index contributed by atoms with van der Waals surface area (Å²) in [7, 11) is 0. The average Bonchev–Trinajstić information content (AvgIpc) is 2.15. The first-order valence-corrected chi connectivity index (χ1v) is 5.42. The molecule has 0 radical (unpaired) electrons. The lowest BCUT2D eigenvalue weighted by atomic mass is 10.2. The monoisotopic (exact) mass is 292 g/mol. The number of hydrogen-bond acceptors (Lipinski definition) is 2. The predicted octanol–water partition coefficient (Wildman–Crippen LogP) is 2.35. The van der Waals surface area contributed by atoms with Crippen molar-refractivity contribution in [3.63, 3.8) is 0 Å². The lowest BCUT2D eigenvalue weighted by Crippen LogP contribution is -2.19. The topological polar surface area (TPSA) is 29.5 Å². The Morgan fingerprint density at radius 3 is 2.54 bits per heavy atom. The van der Waals surface area contributed by atoms with Crippen LogP contribution in [0, 0.1) is 0 Å². The lowest BCUT2D eigenvalue weighted by Gasteiger charge is -2.13. The zero-order valence-electron chi connectivity index (χ0n) is 7.48. The number of aliphatic hydroxyl groups is 1. The van der Waals surface area contributed by atoms with Crippen molar-refractivity contribution in [1.82, 2.24) is 0 Å². The van der Waals surface area contributed by atoms with Gasteiger partial charge in [-0.1, -0.05) is 30.3 Å². The highest BCUT2D eigenvalue weighted by Crippen LogP contribution is 2.11. The fourth-order valence-electron chi connectivity index (χ4n) is 0.889. The number of ether oxygens (including phenoxy) is 1. The Bertz CT molecular complexity index is 236. The summed E-state index contributed by atoms with van der Waals surface area (Å²) in [6.45, 7) is 2.28. The van der Waals surface area contributed by atoms with E-state index < -0.39 is 6.10 Å². The van der Waals surface area contributed by atoms with Crippen molar-refractivity contribution in [2.45, 2.75) is 23.7 Å². The molecule has 0 saturated carbocycles. The van der Waals surface area contributed by atoms with Gasteiger partial charge in [-0.2, -0.15) is 0 Å². The highest BCUT2D eigenvalue weighted by molar-refractivity contribution is 14.1. The van der Waals surface area contributed by atoms with Crippen molar-refractivity contribution in [2.24, 2.45) is 0 Å². The summed E-state index contributed by atoms with van der Waals surface area (Å²) in [6.07, 6.45) is -0.427. The second kappa shape index (κ2) is 5.57. The van der Waals surface area contributed by atoms with Crippen molar-refractivity contribution in [2.75, 3.05) is 0 Å². The van der Waals surface area contributed by atoms with Gasteiger partial charge < -0.3 is 9.84 Å². The summed E-state index contributed by atoms with van der Waals surface area (Å²) in [5, 5.41) is 9.17. The molecule has 0 bridgehead atoms. The van der Waals surface area contributed by atoms with E-state index in [1.165, 1.54) is 0 Å². The number of halogens is 1. The SMILES string of the molecule is CC(O)[C@H](I)OCc1ccccc1. The number of hydrogen-bond donors (Lipinski definition) is 1. The van der Waals surface area contributed by atoms with E-state index in [0.717, 1.165) is 5.56 Å². The van der Waals surface area contributed by atoms with Crippen LogP contribution in [0.3, 0.4) is 0 Å². The first-order chi connectivity index (χ1) is 6.20. The fourth-order valence-corrected chi connectivity index (χ4v) is 1.07. The molecule has 2 atom stereocenters. The van der Waals surface area contributed by atoms with E-state index >= 15 is 0 Å². The van der Waals surface area contributed by atoms with Gasteiger partial charge in [-0.15, -0.1) is 0 Å². The summed E-state index contributed by atoms with van der Waals surface area (Å²) < 4.78 is 5.29. The highest BCUT2D eigenvalue weighted by Gasteiger charge is 2.10. The average molecular weight is 292 g/mol. The van der Waals surface area contributed by atoms with Crippen molar-refractivity contribution in [3.8, 4) is 0 Å². The predicted molar refractivity (Wildman–Crippen MR) is 60.7 cm³/mol. The number of aliphatic hydroxyl groups excluding tert-OH is 1. The second-order valence-corrected chi connectivity index (χ2v) is 4.12. The van der Waals surface area contributed by atoms with Crippen LogP contribution in [0.2, 0.25) is 0 Å². The van der Waals surface area contributed by atoms with Crippen molar-refractivity contribution < 1.29 is 9.84 Å². The van der Waals surface area contributed by atoms with Gasteiger partial charge in [0.2, 0.25) is 0 Å². The molecule has 0 amide bonds. The highest BCUT2D eigenvalue weighted by atomic mass is 127. The molecule has 0 aliphatic rings. The van der Waals surface area contributed by atoms with E-state index in [1.807, 2.05) is 30.3 Å². The third-order valence-corrected chi connectivity index (χ3v) is 3.03.